The van der Waals surface area contributed by atoms with E-state index in [0.29, 0.717) is 16.6 Å². The van der Waals surface area contributed by atoms with E-state index in [1.165, 1.54) is 17.5 Å². The zero-order valence-corrected chi connectivity index (χ0v) is 15.1. The predicted octanol–water partition coefficient (Wildman–Crippen LogP) is 4.80. The summed E-state index contributed by atoms with van der Waals surface area (Å²) in [5.74, 6) is -0.124. The molecule has 1 atom stereocenters. The number of carbonyl (C=O) groups is 1. The van der Waals surface area contributed by atoms with Gasteiger partial charge in [-0.2, -0.15) is 8.78 Å². The zero-order chi connectivity index (χ0) is 19.0. The van der Waals surface area contributed by atoms with E-state index in [1.54, 1.807) is 31.2 Å². The van der Waals surface area contributed by atoms with Crippen LogP contribution in [0.2, 0.25) is 0 Å². The maximum atomic E-state index is 13.6. The number of hydrogen-bond donors (Lipinski definition) is 1. The van der Waals surface area contributed by atoms with Crippen LogP contribution in [0.1, 0.15) is 59.7 Å². The molecule has 1 unspecified atom stereocenters. The van der Waals surface area contributed by atoms with Crippen LogP contribution in [0.5, 0.6) is 0 Å². The van der Waals surface area contributed by atoms with Crippen molar-refractivity contribution in [2.24, 2.45) is 0 Å². The molecule has 1 N–H and O–H groups in total. The third-order valence-corrected chi connectivity index (χ3v) is 5.16. The molecule has 1 aliphatic rings. The van der Waals surface area contributed by atoms with Crippen molar-refractivity contribution in [2.45, 2.75) is 45.2 Å². The number of rotatable bonds is 4. The van der Waals surface area contributed by atoms with Gasteiger partial charge in [-0.05, 0) is 68.0 Å². The van der Waals surface area contributed by atoms with Crippen molar-refractivity contribution >= 4 is 16.9 Å². The lowest BCUT2D eigenvalue weighted by molar-refractivity contribution is 0.0688. The van der Waals surface area contributed by atoms with Gasteiger partial charge in [-0.3, -0.25) is 9.36 Å². The quantitative estimate of drug-likeness (QED) is 0.718. The fourth-order valence-corrected chi connectivity index (χ4v) is 3.79. The van der Waals surface area contributed by atoms with Gasteiger partial charge in [0.05, 0.1) is 17.1 Å². The fourth-order valence-electron chi connectivity index (χ4n) is 3.79. The minimum atomic E-state index is -2.73. The number of amides is 1. The van der Waals surface area contributed by atoms with E-state index in [2.05, 4.69) is 10.3 Å². The first-order valence-corrected chi connectivity index (χ1v) is 9.22. The molecule has 2 aromatic carbocycles. The molecule has 27 heavy (non-hydrogen) atoms. The first-order valence-electron chi connectivity index (χ1n) is 9.22. The Bertz CT molecular complexity index is 996. The van der Waals surface area contributed by atoms with Crippen LogP contribution in [0.25, 0.3) is 11.0 Å². The van der Waals surface area contributed by atoms with E-state index < -0.39 is 12.6 Å². The van der Waals surface area contributed by atoms with Crippen molar-refractivity contribution in [3.05, 3.63) is 65.0 Å². The molecule has 0 fully saturated rings. The summed E-state index contributed by atoms with van der Waals surface area (Å²) in [6.07, 6.45) is 4.34. The predicted molar refractivity (Wildman–Crippen MR) is 100.0 cm³/mol. The number of para-hydroxylation sites is 2. The molecular weight excluding hydrogens is 348 g/mol. The largest absolute Gasteiger partial charge is 0.342 e. The van der Waals surface area contributed by atoms with Gasteiger partial charge < -0.3 is 5.32 Å². The maximum Gasteiger partial charge on any atom is 0.320 e. The Balaban J connectivity index is 1.60. The number of nitrogens with zero attached hydrogens (tertiary/aromatic N) is 2. The van der Waals surface area contributed by atoms with Gasteiger partial charge in [0, 0.05) is 5.56 Å². The minimum absolute atomic E-state index is 0.150. The molecule has 4 nitrogen and oxygen atoms in total. The molecule has 0 spiro atoms. The van der Waals surface area contributed by atoms with E-state index in [0.717, 1.165) is 23.8 Å². The number of imidazole rings is 1. The molecule has 1 amide bonds. The van der Waals surface area contributed by atoms with E-state index >= 15 is 0 Å². The van der Waals surface area contributed by atoms with E-state index in [4.69, 9.17) is 0 Å². The number of aryl methyl sites for hydroxylation is 2. The Morgan fingerprint density at radius 1 is 1.11 bits per heavy atom. The molecule has 6 heteroatoms. The van der Waals surface area contributed by atoms with Crippen molar-refractivity contribution in [1.82, 2.24) is 14.9 Å². The molecule has 0 saturated carbocycles. The lowest BCUT2D eigenvalue weighted by Gasteiger charge is -2.18. The highest BCUT2D eigenvalue weighted by Gasteiger charge is 2.23. The number of benzene rings is 2. The van der Waals surface area contributed by atoms with Gasteiger partial charge in [0.1, 0.15) is 5.82 Å². The van der Waals surface area contributed by atoms with Crippen molar-refractivity contribution in [3.8, 4) is 0 Å². The van der Waals surface area contributed by atoms with Gasteiger partial charge in [-0.15, -0.1) is 0 Å². The molecule has 0 radical (unpaired) electrons. The number of carbonyl (C=O) groups excluding carboxylic acids is 1. The van der Waals surface area contributed by atoms with Gasteiger partial charge in [-0.1, -0.05) is 18.2 Å². The number of hydrogen-bond acceptors (Lipinski definition) is 2. The Labute approximate surface area is 156 Å². The molecular formula is C21H21F2N3O. The van der Waals surface area contributed by atoms with Crippen LogP contribution in [0.15, 0.2) is 42.5 Å². The second-order valence-electron chi connectivity index (χ2n) is 6.99. The summed E-state index contributed by atoms with van der Waals surface area (Å²) in [5.41, 5.74) is 3.91. The first kappa shape index (κ1) is 17.6. The van der Waals surface area contributed by atoms with Crippen molar-refractivity contribution in [3.63, 3.8) is 0 Å². The van der Waals surface area contributed by atoms with Gasteiger partial charge >= 0.3 is 6.55 Å². The lowest BCUT2D eigenvalue weighted by Crippen LogP contribution is -2.29. The average molecular weight is 369 g/mol. The van der Waals surface area contributed by atoms with Crippen LogP contribution in [-0.2, 0) is 12.8 Å². The molecule has 1 aliphatic carbocycles. The molecule has 0 bridgehead atoms. The lowest BCUT2D eigenvalue weighted by atomic mass is 9.90. The van der Waals surface area contributed by atoms with Gasteiger partial charge in [0.15, 0.2) is 0 Å². The summed E-state index contributed by atoms with van der Waals surface area (Å²) in [6.45, 7) is -1.05. The summed E-state index contributed by atoms with van der Waals surface area (Å²) >= 11 is 0. The average Bonchev–Trinajstić information content (AvgIpc) is 3.07. The smallest absolute Gasteiger partial charge is 0.320 e. The van der Waals surface area contributed by atoms with E-state index in [9.17, 15) is 13.6 Å². The summed E-state index contributed by atoms with van der Waals surface area (Å²) < 4.78 is 28.1. The van der Waals surface area contributed by atoms with Crippen molar-refractivity contribution < 1.29 is 13.6 Å². The highest BCUT2D eigenvalue weighted by molar-refractivity contribution is 5.94. The molecule has 1 heterocycles. The van der Waals surface area contributed by atoms with Crippen LogP contribution in [0.3, 0.4) is 0 Å². The molecule has 0 aliphatic heterocycles. The Kier molecular flexibility index (Phi) is 4.64. The summed E-state index contributed by atoms with van der Waals surface area (Å²) in [6, 6.07) is 11.8. The summed E-state index contributed by atoms with van der Waals surface area (Å²) in [4.78, 5) is 17.0. The number of halogens is 2. The van der Waals surface area contributed by atoms with Crippen LogP contribution < -0.4 is 5.32 Å². The monoisotopic (exact) mass is 369 g/mol. The number of alkyl halides is 2. The minimum Gasteiger partial charge on any atom is -0.342 e. The van der Waals surface area contributed by atoms with Gasteiger partial charge in [0.25, 0.3) is 5.91 Å². The standard InChI is InChI=1S/C21H21F2N3O/c1-13(19-25-17-8-4-5-9-18(17)26(19)21(22)23)24-20(27)16-11-10-14-6-2-3-7-15(14)12-16/h4-5,8-13,21H,2-3,6-7H2,1H3,(H,24,27). The summed E-state index contributed by atoms with van der Waals surface area (Å²) in [7, 11) is 0. The Hall–Kier alpha value is -2.76. The fraction of sp³-hybridized carbons (Fsp3) is 0.333. The number of fused-ring (bicyclic) bond motifs is 2. The van der Waals surface area contributed by atoms with Gasteiger partial charge in [0.2, 0.25) is 0 Å². The highest BCUT2D eigenvalue weighted by atomic mass is 19.3. The van der Waals surface area contributed by atoms with Crippen LogP contribution >= 0.6 is 0 Å². The van der Waals surface area contributed by atoms with Crippen molar-refractivity contribution in [1.29, 1.82) is 0 Å². The summed E-state index contributed by atoms with van der Waals surface area (Å²) in [5, 5.41) is 2.82. The zero-order valence-electron chi connectivity index (χ0n) is 15.1. The molecule has 1 aromatic heterocycles. The van der Waals surface area contributed by atoms with E-state index in [-0.39, 0.29) is 11.7 Å². The van der Waals surface area contributed by atoms with E-state index in [1.807, 2.05) is 18.2 Å². The van der Waals surface area contributed by atoms with Crippen LogP contribution in [0.4, 0.5) is 8.78 Å². The van der Waals surface area contributed by atoms with Crippen LogP contribution in [-0.4, -0.2) is 15.5 Å². The third-order valence-electron chi connectivity index (χ3n) is 5.16. The topological polar surface area (TPSA) is 46.9 Å². The molecule has 4 rings (SSSR count). The maximum absolute atomic E-state index is 13.6. The molecule has 0 saturated heterocycles. The third kappa shape index (κ3) is 3.31. The molecule has 140 valence electrons. The normalized spacial score (nSPS) is 15.0. The SMILES string of the molecule is CC(NC(=O)c1ccc2c(c1)CCCC2)c1nc2ccccc2n1C(F)F. The number of aromatic nitrogens is 2. The number of nitrogens with one attached hydrogen (secondary N) is 1. The Morgan fingerprint density at radius 2 is 1.85 bits per heavy atom. The van der Waals surface area contributed by atoms with Crippen LogP contribution in [0, 0.1) is 0 Å². The Morgan fingerprint density at radius 3 is 2.63 bits per heavy atom. The second-order valence-corrected chi connectivity index (χ2v) is 6.99. The highest BCUT2D eigenvalue weighted by Crippen LogP contribution is 2.27. The second kappa shape index (κ2) is 7.10. The molecule has 3 aromatic rings. The van der Waals surface area contributed by atoms with Crippen molar-refractivity contribution in [2.75, 3.05) is 0 Å². The van der Waals surface area contributed by atoms with Gasteiger partial charge in [-0.25, -0.2) is 4.98 Å². The first-order chi connectivity index (χ1) is 13.0.